The topological polar surface area (TPSA) is 20.3 Å². The smallest absolute Gasteiger partial charge is 0.225 e. The summed E-state index contributed by atoms with van der Waals surface area (Å²) < 4.78 is 39.4. The van der Waals surface area contributed by atoms with Gasteiger partial charge in [0.15, 0.2) is 11.6 Å². The van der Waals surface area contributed by atoms with Gasteiger partial charge in [-0.15, -0.1) is 0 Å². The van der Waals surface area contributed by atoms with Crippen molar-refractivity contribution >= 4 is 5.91 Å². The van der Waals surface area contributed by atoms with Gasteiger partial charge in [0, 0.05) is 31.1 Å². The van der Waals surface area contributed by atoms with E-state index in [1.54, 1.807) is 0 Å². The van der Waals surface area contributed by atoms with Gasteiger partial charge < -0.3 is 4.90 Å². The number of carbonyl (C=O) groups is 1. The maximum Gasteiger partial charge on any atom is 0.225 e. The van der Waals surface area contributed by atoms with E-state index in [4.69, 9.17) is 0 Å². The molecule has 1 aliphatic rings. The molecular formula is C13H14F3NO. The summed E-state index contributed by atoms with van der Waals surface area (Å²) in [5, 5.41) is 0. The number of rotatable bonds is 3. The third-order valence-corrected chi connectivity index (χ3v) is 3.31. The third-order valence-electron chi connectivity index (χ3n) is 3.31. The van der Waals surface area contributed by atoms with Crippen molar-refractivity contribution in [2.45, 2.75) is 25.8 Å². The highest BCUT2D eigenvalue weighted by Crippen LogP contribution is 2.28. The van der Waals surface area contributed by atoms with Gasteiger partial charge in [0.05, 0.1) is 0 Å². The fraction of sp³-hybridized carbons (Fsp3) is 0.462. The highest BCUT2D eigenvalue weighted by Gasteiger charge is 2.28. The van der Waals surface area contributed by atoms with E-state index >= 15 is 0 Å². The first-order valence-electron chi connectivity index (χ1n) is 5.87. The van der Waals surface area contributed by atoms with E-state index in [1.165, 1.54) is 11.9 Å². The third kappa shape index (κ3) is 2.49. The average molecular weight is 257 g/mol. The molecule has 1 fully saturated rings. The van der Waals surface area contributed by atoms with Gasteiger partial charge in [-0.05, 0) is 18.9 Å². The summed E-state index contributed by atoms with van der Waals surface area (Å²) in [6, 6.07) is 1.41. The minimum atomic E-state index is -1.23. The molecule has 1 aromatic carbocycles. The predicted octanol–water partition coefficient (Wildman–Crippen LogP) is 2.86. The van der Waals surface area contributed by atoms with Gasteiger partial charge in [0.2, 0.25) is 5.91 Å². The molecule has 0 aliphatic heterocycles. The van der Waals surface area contributed by atoms with Crippen LogP contribution in [-0.4, -0.2) is 17.9 Å². The van der Waals surface area contributed by atoms with Gasteiger partial charge in [-0.1, -0.05) is 6.42 Å². The summed E-state index contributed by atoms with van der Waals surface area (Å²) in [5.41, 5.74) is -0.136. The zero-order valence-corrected chi connectivity index (χ0v) is 10.0. The number of nitrogens with zero attached hydrogens (tertiary/aromatic N) is 1. The summed E-state index contributed by atoms with van der Waals surface area (Å²) in [5.74, 6) is -3.27. The van der Waals surface area contributed by atoms with E-state index in [0.717, 1.165) is 25.3 Å². The van der Waals surface area contributed by atoms with Crippen molar-refractivity contribution in [1.82, 2.24) is 4.90 Å². The van der Waals surface area contributed by atoms with E-state index < -0.39 is 17.5 Å². The lowest BCUT2D eigenvalue weighted by Crippen LogP contribution is -2.36. The Morgan fingerprint density at radius 2 is 2.00 bits per heavy atom. The number of halogens is 3. The van der Waals surface area contributed by atoms with Gasteiger partial charge in [0.1, 0.15) is 5.82 Å². The Kier molecular flexibility index (Phi) is 3.59. The lowest BCUT2D eigenvalue weighted by Gasteiger charge is -2.29. The van der Waals surface area contributed by atoms with Crippen LogP contribution in [0.25, 0.3) is 0 Å². The Labute approximate surface area is 103 Å². The lowest BCUT2D eigenvalue weighted by atomic mass is 9.84. The van der Waals surface area contributed by atoms with Crippen molar-refractivity contribution in [1.29, 1.82) is 0 Å². The molecule has 98 valence electrons. The molecule has 2 nitrogen and oxygen atoms in total. The molecule has 18 heavy (non-hydrogen) atoms. The van der Waals surface area contributed by atoms with Gasteiger partial charge >= 0.3 is 0 Å². The van der Waals surface area contributed by atoms with Crippen LogP contribution in [0.1, 0.15) is 24.8 Å². The molecule has 5 heteroatoms. The van der Waals surface area contributed by atoms with Crippen LogP contribution in [0.15, 0.2) is 12.1 Å². The summed E-state index contributed by atoms with van der Waals surface area (Å²) in [6.45, 7) is -0.115. The lowest BCUT2D eigenvalue weighted by molar-refractivity contribution is -0.137. The zero-order valence-electron chi connectivity index (χ0n) is 10.0. The first-order chi connectivity index (χ1) is 8.49. The van der Waals surface area contributed by atoms with Gasteiger partial charge in [0.25, 0.3) is 0 Å². The largest absolute Gasteiger partial charge is 0.341 e. The van der Waals surface area contributed by atoms with Crippen molar-refractivity contribution in [3.8, 4) is 0 Å². The van der Waals surface area contributed by atoms with E-state index in [2.05, 4.69) is 0 Å². The second kappa shape index (κ2) is 5.00. The SMILES string of the molecule is CN(Cc1cc(F)cc(F)c1F)C(=O)C1CCC1. The molecule has 0 aromatic heterocycles. The minimum Gasteiger partial charge on any atom is -0.341 e. The predicted molar refractivity (Wildman–Crippen MR) is 60.1 cm³/mol. The monoisotopic (exact) mass is 257 g/mol. The Morgan fingerprint density at radius 1 is 1.33 bits per heavy atom. The molecule has 1 aromatic rings. The molecular weight excluding hydrogens is 243 g/mol. The van der Waals surface area contributed by atoms with Gasteiger partial charge in [-0.3, -0.25) is 4.79 Å². The van der Waals surface area contributed by atoms with Crippen molar-refractivity contribution in [3.05, 3.63) is 35.1 Å². The molecule has 1 amide bonds. The molecule has 0 heterocycles. The Morgan fingerprint density at radius 3 is 2.56 bits per heavy atom. The van der Waals surface area contributed by atoms with Crippen molar-refractivity contribution in [3.63, 3.8) is 0 Å². The molecule has 0 bridgehead atoms. The van der Waals surface area contributed by atoms with Crippen LogP contribution in [-0.2, 0) is 11.3 Å². The van der Waals surface area contributed by atoms with E-state index in [0.29, 0.717) is 6.07 Å². The van der Waals surface area contributed by atoms with Crippen LogP contribution in [0.5, 0.6) is 0 Å². The van der Waals surface area contributed by atoms with Crippen LogP contribution < -0.4 is 0 Å². The zero-order chi connectivity index (χ0) is 13.3. The molecule has 2 rings (SSSR count). The maximum absolute atomic E-state index is 13.4. The van der Waals surface area contributed by atoms with Gasteiger partial charge in [-0.2, -0.15) is 0 Å². The van der Waals surface area contributed by atoms with Crippen molar-refractivity contribution in [2.24, 2.45) is 5.92 Å². The first kappa shape index (κ1) is 12.9. The van der Waals surface area contributed by atoms with E-state index in [9.17, 15) is 18.0 Å². The standard InChI is InChI=1S/C13H14F3NO/c1-17(13(18)8-3-2-4-8)7-9-5-10(14)6-11(15)12(9)16/h5-6,8H,2-4,7H2,1H3. The Balaban J connectivity index is 2.10. The summed E-state index contributed by atoms with van der Waals surface area (Å²) in [6.07, 6.45) is 2.69. The van der Waals surface area contributed by atoms with Crippen molar-refractivity contribution in [2.75, 3.05) is 7.05 Å². The highest BCUT2D eigenvalue weighted by molar-refractivity contribution is 5.79. The molecule has 0 saturated heterocycles. The Hall–Kier alpha value is -1.52. The number of hydrogen-bond acceptors (Lipinski definition) is 1. The number of amides is 1. The van der Waals surface area contributed by atoms with Crippen LogP contribution in [0.4, 0.5) is 13.2 Å². The fourth-order valence-electron chi connectivity index (χ4n) is 2.02. The highest BCUT2D eigenvalue weighted by atomic mass is 19.2. The molecule has 0 spiro atoms. The summed E-state index contributed by atoms with van der Waals surface area (Å²) in [7, 11) is 1.52. The molecule has 1 aliphatic carbocycles. The van der Waals surface area contributed by atoms with E-state index in [-0.39, 0.29) is 23.9 Å². The summed E-state index contributed by atoms with van der Waals surface area (Å²) in [4.78, 5) is 13.1. The normalized spacial score (nSPS) is 15.3. The second-order valence-electron chi connectivity index (χ2n) is 4.68. The number of carbonyl (C=O) groups excluding carboxylic acids is 1. The van der Waals surface area contributed by atoms with E-state index in [1.807, 2.05) is 0 Å². The summed E-state index contributed by atoms with van der Waals surface area (Å²) >= 11 is 0. The second-order valence-corrected chi connectivity index (χ2v) is 4.68. The quantitative estimate of drug-likeness (QED) is 0.762. The van der Waals surface area contributed by atoms with Gasteiger partial charge in [-0.25, -0.2) is 13.2 Å². The average Bonchev–Trinajstić information content (AvgIpc) is 2.22. The maximum atomic E-state index is 13.4. The Bertz CT molecular complexity index is 472. The molecule has 0 unspecified atom stereocenters. The molecule has 0 N–H and O–H groups in total. The number of hydrogen-bond donors (Lipinski definition) is 0. The van der Waals surface area contributed by atoms with Crippen LogP contribution >= 0.6 is 0 Å². The van der Waals surface area contributed by atoms with Crippen LogP contribution in [0, 0.1) is 23.4 Å². The fourth-order valence-corrected chi connectivity index (χ4v) is 2.02. The number of benzene rings is 1. The molecule has 0 atom stereocenters. The van der Waals surface area contributed by atoms with Crippen molar-refractivity contribution < 1.29 is 18.0 Å². The molecule has 0 radical (unpaired) electrons. The van der Waals surface area contributed by atoms with Crippen LogP contribution in [0.3, 0.4) is 0 Å². The minimum absolute atomic E-state index is 0.0172. The first-order valence-corrected chi connectivity index (χ1v) is 5.87. The molecule has 1 saturated carbocycles. The van der Waals surface area contributed by atoms with Crippen LogP contribution in [0.2, 0.25) is 0 Å².